The van der Waals surface area contributed by atoms with E-state index >= 15 is 0 Å². The van der Waals surface area contributed by atoms with Gasteiger partial charge in [0.1, 0.15) is 23.1 Å². The van der Waals surface area contributed by atoms with E-state index in [0.29, 0.717) is 0 Å². The summed E-state index contributed by atoms with van der Waals surface area (Å²) in [5.74, 6) is 0.116. The fraction of sp³-hybridized carbons (Fsp3) is 0.778. The molecule has 0 aromatic carbocycles. The van der Waals surface area contributed by atoms with Crippen molar-refractivity contribution in [2.45, 2.75) is 68.2 Å². The number of rotatable bonds is 8. The zero-order valence-electron chi connectivity index (χ0n) is 15.7. The molecule has 0 rings (SSSR count). The molecular weight excluding hydrogens is 339 g/mol. The van der Waals surface area contributed by atoms with E-state index in [1.807, 2.05) is 55.4 Å². The fourth-order valence-electron chi connectivity index (χ4n) is 1.16. The molecule has 0 radical (unpaired) electrons. The summed E-state index contributed by atoms with van der Waals surface area (Å²) < 4.78 is 0. The maximum atomic E-state index is 11.0. The molecule has 0 spiro atoms. The van der Waals surface area contributed by atoms with Gasteiger partial charge in [0.05, 0.1) is 12.8 Å². The topological polar surface area (TPSA) is 68.3 Å². The molecule has 0 aliphatic carbocycles. The second-order valence-electron chi connectivity index (χ2n) is 6.84. The van der Waals surface area contributed by atoms with E-state index in [9.17, 15) is 19.2 Å². The third kappa shape index (κ3) is 14.5. The average molecular weight is 371 g/mol. The quantitative estimate of drug-likeness (QED) is 0.483. The Balaban J connectivity index is -0.000000333. The normalized spacial score (nSPS) is 10.3. The molecular formula is C18H32NiO4. The molecule has 0 N–H and O–H groups in total. The number of Topliss-reactive ketones (excluding diaryl/α,β-unsaturated/α-hetero) is 4. The Hall–Kier alpha value is -0.826. The zero-order valence-corrected chi connectivity index (χ0v) is 16.7. The first-order valence-electron chi connectivity index (χ1n) is 8.00. The summed E-state index contributed by atoms with van der Waals surface area (Å²) in [7, 11) is 0. The monoisotopic (exact) mass is 370 g/mol. The molecule has 0 aromatic heterocycles. The largest absolute Gasteiger partial charge is 0.299 e. The van der Waals surface area contributed by atoms with Gasteiger partial charge in [0.15, 0.2) is 0 Å². The molecule has 0 aliphatic rings. The van der Waals surface area contributed by atoms with E-state index in [1.54, 1.807) is 0 Å². The van der Waals surface area contributed by atoms with Gasteiger partial charge in [-0.25, -0.2) is 0 Å². The average Bonchev–Trinajstić information content (AvgIpc) is 2.38. The van der Waals surface area contributed by atoms with E-state index in [0.717, 1.165) is 0 Å². The minimum atomic E-state index is -0.0160. The van der Waals surface area contributed by atoms with Crippen LogP contribution in [-0.4, -0.2) is 23.1 Å². The zero-order chi connectivity index (χ0) is 18.0. The molecule has 0 bridgehead atoms. The first-order valence-corrected chi connectivity index (χ1v) is 8.00. The Labute approximate surface area is 151 Å². The third-order valence-electron chi connectivity index (χ3n) is 3.27. The van der Waals surface area contributed by atoms with Crippen LogP contribution in [0.15, 0.2) is 0 Å². The standard InChI is InChI=1S/2C9H16O2.Ni/c2*1-6(2)8(10)5-9(11)7(3)4;/h2*6-7H,5H2,1-4H3;. The molecule has 0 amide bonds. The van der Waals surface area contributed by atoms with Crippen molar-refractivity contribution >= 4 is 23.1 Å². The minimum Gasteiger partial charge on any atom is -0.299 e. The van der Waals surface area contributed by atoms with Crippen molar-refractivity contribution in [1.29, 1.82) is 0 Å². The van der Waals surface area contributed by atoms with Gasteiger partial charge in [-0.15, -0.1) is 0 Å². The molecule has 4 nitrogen and oxygen atoms in total. The van der Waals surface area contributed by atoms with Crippen LogP contribution in [0.4, 0.5) is 0 Å². The minimum absolute atomic E-state index is 0. The predicted octanol–water partition coefficient (Wildman–Crippen LogP) is 3.65. The molecule has 23 heavy (non-hydrogen) atoms. The fourth-order valence-corrected chi connectivity index (χ4v) is 1.16. The Morgan fingerprint density at radius 1 is 0.478 bits per heavy atom. The van der Waals surface area contributed by atoms with Crippen LogP contribution in [-0.2, 0) is 35.7 Å². The van der Waals surface area contributed by atoms with Crippen LogP contribution in [0.25, 0.3) is 0 Å². The van der Waals surface area contributed by atoms with Gasteiger partial charge in [-0.1, -0.05) is 55.4 Å². The molecule has 5 heteroatoms. The van der Waals surface area contributed by atoms with Crippen LogP contribution in [0.3, 0.4) is 0 Å². The Bertz CT molecular complexity index is 322. The molecule has 0 unspecified atom stereocenters. The summed E-state index contributed by atoms with van der Waals surface area (Å²) in [6, 6.07) is 0. The SMILES string of the molecule is CC(C)C(=O)CC(=O)C(C)C.CC(C)C(=O)CC(=O)C(C)C.[Ni]. The van der Waals surface area contributed by atoms with Crippen LogP contribution in [0, 0.1) is 23.7 Å². The van der Waals surface area contributed by atoms with Crippen molar-refractivity contribution < 1.29 is 35.7 Å². The van der Waals surface area contributed by atoms with Crippen LogP contribution in [0.5, 0.6) is 0 Å². The number of carbonyl (C=O) groups is 4. The number of hydrogen-bond donors (Lipinski definition) is 0. The van der Waals surface area contributed by atoms with E-state index in [4.69, 9.17) is 0 Å². The molecule has 0 saturated heterocycles. The summed E-state index contributed by atoms with van der Waals surface area (Å²) in [6.07, 6.45) is 0.213. The molecule has 138 valence electrons. The van der Waals surface area contributed by atoms with Crippen molar-refractivity contribution in [3.63, 3.8) is 0 Å². The van der Waals surface area contributed by atoms with Gasteiger partial charge in [-0.2, -0.15) is 0 Å². The van der Waals surface area contributed by atoms with Gasteiger partial charge in [-0.05, 0) is 0 Å². The van der Waals surface area contributed by atoms with Gasteiger partial charge in [0, 0.05) is 40.2 Å². The van der Waals surface area contributed by atoms with Crippen LogP contribution >= 0.6 is 0 Å². The summed E-state index contributed by atoms with van der Waals surface area (Å²) in [5, 5.41) is 0. The number of carbonyl (C=O) groups excluding carboxylic acids is 4. The van der Waals surface area contributed by atoms with Crippen molar-refractivity contribution in [1.82, 2.24) is 0 Å². The molecule has 0 heterocycles. The predicted molar refractivity (Wildman–Crippen MR) is 88.6 cm³/mol. The third-order valence-corrected chi connectivity index (χ3v) is 3.27. The molecule has 0 fully saturated rings. The maximum absolute atomic E-state index is 11.0. The van der Waals surface area contributed by atoms with Crippen LogP contribution in [0.1, 0.15) is 68.2 Å². The van der Waals surface area contributed by atoms with Crippen molar-refractivity contribution in [3.8, 4) is 0 Å². The van der Waals surface area contributed by atoms with E-state index < -0.39 is 0 Å². The first kappa shape index (κ1) is 27.0. The van der Waals surface area contributed by atoms with Crippen molar-refractivity contribution in [3.05, 3.63) is 0 Å². The van der Waals surface area contributed by atoms with E-state index in [2.05, 4.69) is 0 Å². The Kier molecular flexibility index (Phi) is 16.0. The number of hydrogen-bond acceptors (Lipinski definition) is 4. The number of ketones is 4. The smallest absolute Gasteiger partial charge is 0.142 e. The summed E-state index contributed by atoms with van der Waals surface area (Å²) >= 11 is 0. The van der Waals surface area contributed by atoms with E-state index in [1.165, 1.54) is 0 Å². The van der Waals surface area contributed by atoms with Crippen LogP contribution < -0.4 is 0 Å². The van der Waals surface area contributed by atoms with Gasteiger partial charge in [0.2, 0.25) is 0 Å². The first-order chi connectivity index (χ1) is 9.89. The molecule has 0 aromatic rings. The molecule has 0 aliphatic heterocycles. The van der Waals surface area contributed by atoms with Gasteiger partial charge >= 0.3 is 0 Å². The second-order valence-corrected chi connectivity index (χ2v) is 6.84. The van der Waals surface area contributed by atoms with Crippen LogP contribution in [0.2, 0.25) is 0 Å². The summed E-state index contributed by atoms with van der Waals surface area (Å²) in [4.78, 5) is 44.1. The molecule has 0 atom stereocenters. The second kappa shape index (κ2) is 13.6. The summed E-state index contributed by atoms with van der Waals surface area (Å²) in [6.45, 7) is 14.5. The van der Waals surface area contributed by atoms with E-state index in [-0.39, 0.29) is 76.1 Å². The van der Waals surface area contributed by atoms with Crippen molar-refractivity contribution in [2.24, 2.45) is 23.7 Å². The molecule has 0 saturated carbocycles. The Morgan fingerprint density at radius 2 is 0.609 bits per heavy atom. The Morgan fingerprint density at radius 3 is 0.696 bits per heavy atom. The summed E-state index contributed by atoms with van der Waals surface area (Å²) in [5.41, 5.74) is 0. The van der Waals surface area contributed by atoms with Gasteiger partial charge in [-0.3, -0.25) is 19.2 Å². The van der Waals surface area contributed by atoms with Gasteiger partial charge in [0.25, 0.3) is 0 Å². The van der Waals surface area contributed by atoms with Gasteiger partial charge < -0.3 is 0 Å². The maximum Gasteiger partial charge on any atom is 0.142 e. The van der Waals surface area contributed by atoms with Crippen molar-refractivity contribution in [2.75, 3.05) is 0 Å².